The maximum atomic E-state index is 14.3. The van der Waals surface area contributed by atoms with E-state index in [2.05, 4.69) is 5.10 Å². The predicted octanol–water partition coefficient (Wildman–Crippen LogP) is 4.34. The van der Waals surface area contributed by atoms with Crippen molar-refractivity contribution in [1.82, 2.24) is 14.7 Å². The highest BCUT2D eigenvalue weighted by Crippen LogP contribution is 2.29. The fourth-order valence-corrected chi connectivity index (χ4v) is 4.48. The van der Waals surface area contributed by atoms with E-state index in [9.17, 15) is 37.4 Å². The Hall–Kier alpha value is -3.77. The standard InChI is InChI=1S/C28H31F4N3O5/c1-15(2)24-22(11-9-19(36)12-20(37)13-23(38)39)35(18-7-5-17(29)6-8-18)33-27(24)28(40)34(3)14-16-4-10-21(30)26(32)25(16)31/h4-8,10,15,19-20,36-37H,9,11-14H2,1-3H3,(H,38,39). The molecule has 3 rings (SSSR count). The second-order valence-electron chi connectivity index (χ2n) is 9.93. The molecule has 3 aromatic rings. The third-order valence-electron chi connectivity index (χ3n) is 6.41. The summed E-state index contributed by atoms with van der Waals surface area (Å²) >= 11 is 0. The van der Waals surface area contributed by atoms with E-state index < -0.39 is 53.8 Å². The van der Waals surface area contributed by atoms with Crippen molar-refractivity contribution in [2.45, 2.75) is 64.2 Å². The van der Waals surface area contributed by atoms with Crippen LogP contribution < -0.4 is 0 Å². The van der Waals surface area contributed by atoms with Gasteiger partial charge in [0.25, 0.3) is 5.91 Å². The molecule has 0 aliphatic heterocycles. The first-order valence-electron chi connectivity index (χ1n) is 12.6. The quantitative estimate of drug-likeness (QED) is 0.222. The number of halogens is 4. The Kier molecular flexibility index (Phi) is 10.0. The molecule has 216 valence electrons. The minimum Gasteiger partial charge on any atom is -0.481 e. The van der Waals surface area contributed by atoms with Gasteiger partial charge in [0.05, 0.1) is 24.3 Å². The zero-order valence-corrected chi connectivity index (χ0v) is 22.2. The number of carbonyl (C=O) groups is 2. The molecule has 3 N–H and O–H groups in total. The first-order valence-corrected chi connectivity index (χ1v) is 12.6. The minimum atomic E-state index is -1.64. The van der Waals surface area contributed by atoms with Gasteiger partial charge in [-0.3, -0.25) is 9.59 Å². The molecule has 0 aliphatic rings. The number of rotatable bonds is 12. The van der Waals surface area contributed by atoms with Crippen molar-refractivity contribution in [2.24, 2.45) is 0 Å². The number of hydrogen-bond acceptors (Lipinski definition) is 5. The lowest BCUT2D eigenvalue weighted by Gasteiger charge is -2.19. The Bertz CT molecular complexity index is 1360. The van der Waals surface area contributed by atoms with Crippen LogP contribution in [-0.4, -0.2) is 61.1 Å². The molecule has 40 heavy (non-hydrogen) atoms. The zero-order valence-electron chi connectivity index (χ0n) is 22.2. The molecule has 1 aromatic heterocycles. The Morgan fingerprint density at radius 2 is 1.62 bits per heavy atom. The van der Waals surface area contributed by atoms with E-state index in [1.54, 1.807) is 0 Å². The Morgan fingerprint density at radius 1 is 0.975 bits per heavy atom. The van der Waals surface area contributed by atoms with E-state index in [-0.39, 0.29) is 43.0 Å². The Labute approximate surface area is 228 Å². The summed E-state index contributed by atoms with van der Waals surface area (Å²) in [5, 5.41) is 33.7. The van der Waals surface area contributed by atoms with Gasteiger partial charge in [-0.25, -0.2) is 22.2 Å². The fraction of sp³-hybridized carbons (Fsp3) is 0.393. The van der Waals surface area contributed by atoms with Crippen molar-refractivity contribution in [3.8, 4) is 5.69 Å². The molecule has 0 spiro atoms. The zero-order chi connectivity index (χ0) is 29.7. The van der Waals surface area contributed by atoms with Crippen LogP contribution in [0.25, 0.3) is 5.69 Å². The van der Waals surface area contributed by atoms with E-state index in [1.807, 2.05) is 13.8 Å². The molecule has 0 bridgehead atoms. The molecule has 12 heteroatoms. The summed E-state index contributed by atoms with van der Waals surface area (Å²) in [5.74, 6) is -6.99. The molecule has 2 unspecified atom stereocenters. The van der Waals surface area contributed by atoms with Crippen LogP contribution in [-0.2, 0) is 17.8 Å². The van der Waals surface area contributed by atoms with Crippen molar-refractivity contribution < 1.29 is 42.5 Å². The summed E-state index contributed by atoms with van der Waals surface area (Å²) in [6.07, 6.45) is -2.76. The predicted molar refractivity (Wildman–Crippen MR) is 137 cm³/mol. The fourth-order valence-electron chi connectivity index (χ4n) is 4.48. The van der Waals surface area contributed by atoms with Gasteiger partial charge in [-0.15, -0.1) is 0 Å². The number of aliphatic carboxylic acids is 1. The molecular formula is C28H31F4N3O5. The Morgan fingerprint density at radius 3 is 2.23 bits per heavy atom. The first-order chi connectivity index (χ1) is 18.8. The summed E-state index contributed by atoms with van der Waals surface area (Å²) in [7, 11) is 1.36. The second-order valence-corrected chi connectivity index (χ2v) is 9.93. The van der Waals surface area contributed by atoms with Crippen LogP contribution in [0.2, 0.25) is 0 Å². The number of amides is 1. The maximum Gasteiger partial charge on any atom is 0.305 e. The third kappa shape index (κ3) is 7.24. The molecule has 0 aliphatic carbocycles. The van der Waals surface area contributed by atoms with E-state index in [1.165, 1.54) is 36.0 Å². The second kappa shape index (κ2) is 13.1. The number of carboxylic acid groups (broad SMARTS) is 1. The topological polar surface area (TPSA) is 116 Å². The van der Waals surface area contributed by atoms with Gasteiger partial charge in [-0.05, 0) is 55.5 Å². The van der Waals surface area contributed by atoms with E-state index in [4.69, 9.17) is 5.11 Å². The lowest BCUT2D eigenvalue weighted by Crippen LogP contribution is -2.28. The van der Waals surface area contributed by atoms with Crippen LogP contribution in [0.1, 0.15) is 66.3 Å². The summed E-state index contributed by atoms with van der Waals surface area (Å²) < 4.78 is 56.5. The monoisotopic (exact) mass is 565 g/mol. The normalized spacial score (nSPS) is 12.9. The largest absolute Gasteiger partial charge is 0.481 e. The van der Waals surface area contributed by atoms with Gasteiger partial charge >= 0.3 is 5.97 Å². The van der Waals surface area contributed by atoms with Gasteiger partial charge in [0.2, 0.25) is 0 Å². The number of carboxylic acids is 1. The number of aromatic nitrogens is 2. The number of benzene rings is 2. The van der Waals surface area contributed by atoms with Gasteiger partial charge in [0.1, 0.15) is 5.82 Å². The third-order valence-corrected chi connectivity index (χ3v) is 6.41. The highest BCUT2D eigenvalue weighted by molar-refractivity contribution is 5.94. The molecule has 2 aromatic carbocycles. The van der Waals surface area contributed by atoms with Crippen LogP contribution in [0.4, 0.5) is 17.6 Å². The smallest absolute Gasteiger partial charge is 0.305 e. The SMILES string of the molecule is CC(C)c1c(C(=O)N(C)Cc2ccc(F)c(F)c2F)nn(-c2ccc(F)cc2)c1CCC(O)CC(O)CC(=O)O. The lowest BCUT2D eigenvalue weighted by atomic mass is 9.95. The van der Waals surface area contributed by atoms with Crippen LogP contribution in [0.5, 0.6) is 0 Å². The molecular weight excluding hydrogens is 534 g/mol. The molecule has 1 heterocycles. The minimum absolute atomic E-state index is 0.000202. The number of aliphatic hydroxyl groups is 2. The van der Waals surface area contributed by atoms with Crippen LogP contribution >= 0.6 is 0 Å². The molecule has 2 atom stereocenters. The summed E-state index contributed by atoms with van der Waals surface area (Å²) in [5.41, 5.74) is 1.21. The average Bonchev–Trinajstić information content (AvgIpc) is 3.27. The average molecular weight is 566 g/mol. The number of nitrogens with zero attached hydrogens (tertiary/aromatic N) is 3. The lowest BCUT2D eigenvalue weighted by molar-refractivity contribution is -0.139. The van der Waals surface area contributed by atoms with Crippen molar-refractivity contribution in [3.05, 3.63) is 82.2 Å². The van der Waals surface area contributed by atoms with Crippen LogP contribution in [0, 0.1) is 23.3 Å². The number of carbonyl (C=O) groups excluding carboxylic acids is 1. The van der Waals surface area contributed by atoms with Gasteiger partial charge in [-0.1, -0.05) is 19.9 Å². The molecule has 0 radical (unpaired) electrons. The molecule has 0 saturated carbocycles. The van der Waals surface area contributed by atoms with E-state index in [0.29, 0.717) is 16.9 Å². The van der Waals surface area contributed by atoms with Crippen molar-refractivity contribution in [1.29, 1.82) is 0 Å². The van der Waals surface area contributed by atoms with Gasteiger partial charge in [-0.2, -0.15) is 5.10 Å². The molecule has 0 saturated heterocycles. The van der Waals surface area contributed by atoms with E-state index >= 15 is 0 Å². The van der Waals surface area contributed by atoms with Gasteiger partial charge in [0.15, 0.2) is 23.1 Å². The van der Waals surface area contributed by atoms with Gasteiger partial charge in [0, 0.05) is 30.4 Å². The maximum absolute atomic E-state index is 14.3. The van der Waals surface area contributed by atoms with Crippen molar-refractivity contribution >= 4 is 11.9 Å². The van der Waals surface area contributed by atoms with Gasteiger partial charge < -0.3 is 20.2 Å². The summed E-state index contributed by atoms with van der Waals surface area (Å²) in [6.45, 7) is 3.25. The Balaban J connectivity index is 1.98. The van der Waals surface area contributed by atoms with E-state index in [0.717, 1.165) is 17.0 Å². The molecule has 1 amide bonds. The highest BCUT2D eigenvalue weighted by atomic mass is 19.2. The molecule has 8 nitrogen and oxygen atoms in total. The molecule has 0 fully saturated rings. The summed E-state index contributed by atoms with van der Waals surface area (Å²) in [6, 6.07) is 7.16. The first kappa shape index (κ1) is 30.8. The van der Waals surface area contributed by atoms with Crippen LogP contribution in [0.3, 0.4) is 0 Å². The van der Waals surface area contributed by atoms with Crippen molar-refractivity contribution in [2.75, 3.05) is 7.05 Å². The highest BCUT2D eigenvalue weighted by Gasteiger charge is 2.29. The number of hydrogen-bond donors (Lipinski definition) is 3. The van der Waals surface area contributed by atoms with Crippen molar-refractivity contribution in [3.63, 3.8) is 0 Å². The number of aliphatic hydroxyl groups excluding tert-OH is 2. The summed E-state index contributed by atoms with van der Waals surface area (Å²) in [4.78, 5) is 25.5. The van der Waals surface area contributed by atoms with Crippen LogP contribution in [0.15, 0.2) is 36.4 Å².